The fourth-order valence-electron chi connectivity index (χ4n) is 4.31. The predicted molar refractivity (Wildman–Crippen MR) is 127 cm³/mol. The Kier molecular flexibility index (Phi) is 7.33. The van der Waals surface area contributed by atoms with E-state index in [1.54, 1.807) is 12.1 Å². The average molecular weight is 474 g/mol. The molecule has 2 aliphatic heterocycles. The summed E-state index contributed by atoms with van der Waals surface area (Å²) in [6.07, 6.45) is 1.63. The second-order valence-corrected chi connectivity index (χ2v) is 10.3. The number of aryl methyl sites for hydroxylation is 1. The molecule has 2 fully saturated rings. The summed E-state index contributed by atoms with van der Waals surface area (Å²) in [5, 5.41) is 12.8. The van der Waals surface area contributed by atoms with Gasteiger partial charge >= 0.3 is 0 Å². The third-order valence-electron chi connectivity index (χ3n) is 6.26. The molecule has 0 bridgehead atoms. The molecule has 33 heavy (non-hydrogen) atoms. The molecule has 0 aromatic heterocycles. The second kappa shape index (κ2) is 10.2. The van der Waals surface area contributed by atoms with Gasteiger partial charge in [-0.2, -0.15) is 4.31 Å². The minimum Gasteiger partial charge on any atom is -0.393 e. The van der Waals surface area contributed by atoms with Gasteiger partial charge in [0.05, 0.1) is 35.6 Å². The zero-order valence-electron chi connectivity index (χ0n) is 18.9. The fraction of sp³-hybridized carbons (Fsp3) is 0.458. The van der Waals surface area contributed by atoms with Gasteiger partial charge in [-0.1, -0.05) is 25.1 Å². The number of ether oxygens (including phenoxy) is 1. The van der Waals surface area contributed by atoms with Crippen molar-refractivity contribution in [1.29, 1.82) is 0 Å². The Hall–Kier alpha value is -2.46. The normalized spacial score (nSPS) is 18.3. The van der Waals surface area contributed by atoms with Crippen LogP contribution in [0.25, 0.3) is 0 Å². The van der Waals surface area contributed by atoms with Crippen LogP contribution in [0.4, 0.5) is 11.4 Å². The van der Waals surface area contributed by atoms with E-state index in [0.717, 1.165) is 5.69 Å². The molecule has 0 radical (unpaired) electrons. The van der Waals surface area contributed by atoms with Gasteiger partial charge in [-0.05, 0) is 49.1 Å². The summed E-state index contributed by atoms with van der Waals surface area (Å²) in [6, 6.07) is 12.4. The van der Waals surface area contributed by atoms with Crippen molar-refractivity contribution >= 4 is 27.3 Å². The number of anilines is 2. The molecular formula is C24H31N3O5S. The molecule has 0 atom stereocenters. The van der Waals surface area contributed by atoms with Crippen LogP contribution in [0.5, 0.6) is 0 Å². The first-order chi connectivity index (χ1) is 15.9. The first-order valence-corrected chi connectivity index (χ1v) is 12.9. The zero-order valence-corrected chi connectivity index (χ0v) is 19.7. The Morgan fingerprint density at radius 1 is 1.09 bits per heavy atom. The van der Waals surface area contributed by atoms with Gasteiger partial charge in [0, 0.05) is 31.7 Å². The number of morpholine rings is 1. The van der Waals surface area contributed by atoms with Gasteiger partial charge in [0.15, 0.2) is 0 Å². The molecule has 0 unspecified atom stereocenters. The Morgan fingerprint density at radius 2 is 1.79 bits per heavy atom. The first kappa shape index (κ1) is 23.7. The topological polar surface area (TPSA) is 99.2 Å². The molecule has 8 nitrogen and oxygen atoms in total. The van der Waals surface area contributed by atoms with Gasteiger partial charge in [0.25, 0.3) is 5.91 Å². The Morgan fingerprint density at radius 3 is 2.48 bits per heavy atom. The average Bonchev–Trinajstić information content (AvgIpc) is 2.85. The molecule has 1 amide bonds. The van der Waals surface area contributed by atoms with E-state index in [4.69, 9.17) is 4.74 Å². The summed E-state index contributed by atoms with van der Waals surface area (Å²) in [6.45, 7) is 4.66. The van der Waals surface area contributed by atoms with Crippen LogP contribution in [0.1, 0.15) is 35.7 Å². The molecule has 9 heteroatoms. The van der Waals surface area contributed by atoms with E-state index in [-0.39, 0.29) is 16.9 Å². The van der Waals surface area contributed by atoms with Gasteiger partial charge in [-0.25, -0.2) is 8.42 Å². The summed E-state index contributed by atoms with van der Waals surface area (Å²) < 4.78 is 33.3. The number of sulfonamides is 1. The molecule has 2 heterocycles. The lowest BCUT2D eigenvalue weighted by atomic mass is 10.1. The van der Waals surface area contributed by atoms with E-state index < -0.39 is 10.0 Å². The molecule has 2 aromatic carbocycles. The number of carbonyl (C=O) groups excluding carboxylic acids is 1. The van der Waals surface area contributed by atoms with Crippen molar-refractivity contribution in [3.8, 4) is 0 Å². The van der Waals surface area contributed by atoms with E-state index in [2.05, 4.69) is 10.2 Å². The minimum atomic E-state index is -3.72. The number of hydrogen-bond donors (Lipinski definition) is 2. The smallest absolute Gasteiger partial charge is 0.255 e. The molecule has 0 saturated carbocycles. The van der Waals surface area contributed by atoms with Crippen molar-refractivity contribution < 1.29 is 23.1 Å². The van der Waals surface area contributed by atoms with Gasteiger partial charge in [-0.3, -0.25) is 4.79 Å². The molecule has 0 aliphatic carbocycles. The summed E-state index contributed by atoms with van der Waals surface area (Å²) in [4.78, 5) is 15.5. The number of nitrogens with zero attached hydrogens (tertiary/aromatic N) is 2. The highest BCUT2D eigenvalue weighted by molar-refractivity contribution is 7.89. The number of benzene rings is 2. The van der Waals surface area contributed by atoms with Gasteiger partial charge in [0.1, 0.15) is 0 Å². The maximum atomic E-state index is 13.3. The maximum Gasteiger partial charge on any atom is 0.255 e. The number of carbonyl (C=O) groups is 1. The third-order valence-corrected chi connectivity index (χ3v) is 8.24. The van der Waals surface area contributed by atoms with E-state index in [0.29, 0.717) is 75.5 Å². The summed E-state index contributed by atoms with van der Waals surface area (Å²) in [5.74, 6) is -0.361. The molecule has 178 valence electrons. The van der Waals surface area contributed by atoms with Crippen LogP contribution in [-0.4, -0.2) is 69.2 Å². The zero-order chi connectivity index (χ0) is 23.4. The van der Waals surface area contributed by atoms with Crippen LogP contribution in [0.2, 0.25) is 0 Å². The lowest BCUT2D eigenvalue weighted by Crippen LogP contribution is -2.41. The molecule has 2 N–H and O–H groups in total. The number of piperidine rings is 1. The molecule has 0 spiro atoms. The van der Waals surface area contributed by atoms with Crippen LogP contribution in [0.3, 0.4) is 0 Å². The van der Waals surface area contributed by atoms with Crippen LogP contribution in [-0.2, 0) is 21.2 Å². The number of hydrogen-bond acceptors (Lipinski definition) is 6. The molecular weight excluding hydrogens is 442 g/mol. The van der Waals surface area contributed by atoms with Crippen LogP contribution in [0, 0.1) is 0 Å². The van der Waals surface area contributed by atoms with Gasteiger partial charge < -0.3 is 20.1 Å². The van der Waals surface area contributed by atoms with Gasteiger partial charge in [-0.15, -0.1) is 0 Å². The van der Waals surface area contributed by atoms with Crippen molar-refractivity contribution in [1.82, 2.24) is 4.31 Å². The highest BCUT2D eigenvalue weighted by Crippen LogP contribution is 2.29. The van der Waals surface area contributed by atoms with E-state index >= 15 is 0 Å². The molecule has 4 rings (SSSR count). The van der Waals surface area contributed by atoms with Crippen LogP contribution >= 0.6 is 0 Å². The second-order valence-electron chi connectivity index (χ2n) is 8.38. The monoisotopic (exact) mass is 473 g/mol. The highest BCUT2D eigenvalue weighted by Gasteiger charge is 2.29. The third kappa shape index (κ3) is 5.22. The number of nitrogens with one attached hydrogen (secondary N) is 1. The lowest BCUT2D eigenvalue weighted by Gasteiger charge is -2.32. The van der Waals surface area contributed by atoms with Gasteiger partial charge in [0.2, 0.25) is 10.0 Å². The number of para-hydroxylation sites is 2. The number of aliphatic hydroxyl groups is 1. The van der Waals surface area contributed by atoms with Crippen LogP contribution in [0.15, 0.2) is 47.4 Å². The maximum absolute atomic E-state index is 13.3. The largest absolute Gasteiger partial charge is 0.393 e. The minimum absolute atomic E-state index is 0.179. The van der Waals surface area contributed by atoms with Crippen molar-refractivity contribution in [3.63, 3.8) is 0 Å². The first-order valence-electron chi connectivity index (χ1n) is 11.4. The SMILES string of the molecule is CCc1ccc(C(=O)Nc2ccccc2N2CCC(O)CC2)cc1S(=O)(=O)N1CCOCC1. The predicted octanol–water partition coefficient (Wildman–Crippen LogP) is 2.48. The van der Waals surface area contributed by atoms with E-state index in [1.165, 1.54) is 10.4 Å². The number of aliphatic hydroxyl groups excluding tert-OH is 1. The highest BCUT2D eigenvalue weighted by atomic mass is 32.2. The van der Waals surface area contributed by atoms with E-state index in [9.17, 15) is 18.3 Å². The Balaban J connectivity index is 1.59. The Labute approximate surface area is 195 Å². The quantitative estimate of drug-likeness (QED) is 0.669. The number of amides is 1. The summed E-state index contributed by atoms with van der Waals surface area (Å²) in [5.41, 5.74) is 2.54. The van der Waals surface area contributed by atoms with Crippen molar-refractivity contribution in [2.45, 2.75) is 37.2 Å². The molecule has 2 saturated heterocycles. The summed E-state index contributed by atoms with van der Waals surface area (Å²) in [7, 11) is -3.72. The number of rotatable bonds is 6. The Bertz CT molecular complexity index is 1090. The van der Waals surface area contributed by atoms with Crippen molar-refractivity contribution in [3.05, 3.63) is 53.6 Å². The van der Waals surface area contributed by atoms with Crippen molar-refractivity contribution in [2.75, 3.05) is 49.6 Å². The molecule has 2 aromatic rings. The summed E-state index contributed by atoms with van der Waals surface area (Å²) >= 11 is 0. The molecule has 2 aliphatic rings. The van der Waals surface area contributed by atoms with Crippen molar-refractivity contribution in [2.24, 2.45) is 0 Å². The van der Waals surface area contributed by atoms with Crippen LogP contribution < -0.4 is 10.2 Å². The van der Waals surface area contributed by atoms with E-state index in [1.807, 2.05) is 31.2 Å². The fourth-order valence-corrected chi connectivity index (χ4v) is 6.04. The lowest BCUT2D eigenvalue weighted by molar-refractivity contribution is 0.0730. The standard InChI is InChI=1S/C24H31N3O5S/c1-2-18-7-8-19(17-23(18)33(30,31)27-13-15-32-16-14-27)24(29)25-21-5-3-4-6-22(21)26-11-9-20(28)10-12-26/h3-8,17,20,28H,2,9-16H2,1H3,(H,25,29).